The minimum atomic E-state index is -1.13. The van der Waals surface area contributed by atoms with Crippen molar-refractivity contribution in [2.24, 2.45) is 5.16 Å². The van der Waals surface area contributed by atoms with Crippen molar-refractivity contribution in [1.29, 1.82) is 0 Å². The van der Waals surface area contributed by atoms with E-state index in [1.807, 2.05) is 30.3 Å². The molecule has 1 spiro atoms. The third-order valence-electron chi connectivity index (χ3n) is 4.80. The lowest BCUT2D eigenvalue weighted by molar-refractivity contribution is -0.111. The van der Waals surface area contributed by atoms with Crippen LogP contribution in [0, 0.1) is 0 Å². The van der Waals surface area contributed by atoms with E-state index in [1.165, 1.54) is 4.90 Å². The van der Waals surface area contributed by atoms with E-state index in [4.69, 9.17) is 32.8 Å². The highest BCUT2D eigenvalue weighted by molar-refractivity contribution is 6.36. The maximum atomic E-state index is 12.7. The molecule has 134 valence electrons. The van der Waals surface area contributed by atoms with Crippen LogP contribution in [0.15, 0.2) is 53.7 Å². The van der Waals surface area contributed by atoms with Crippen molar-refractivity contribution in [2.45, 2.75) is 31.6 Å². The summed E-state index contributed by atoms with van der Waals surface area (Å²) in [6.45, 7) is 3.61. The first-order valence-electron chi connectivity index (χ1n) is 8.13. The van der Waals surface area contributed by atoms with Gasteiger partial charge in [0.25, 0.3) is 5.72 Å². The lowest BCUT2D eigenvalue weighted by atomic mass is 9.87. The highest BCUT2D eigenvalue weighted by Crippen LogP contribution is 2.50. The molecule has 26 heavy (non-hydrogen) atoms. The van der Waals surface area contributed by atoms with Gasteiger partial charge in [0.15, 0.2) is 5.60 Å². The topological polar surface area (TPSA) is 51.1 Å². The maximum absolute atomic E-state index is 12.7. The van der Waals surface area contributed by atoms with Crippen LogP contribution in [0.1, 0.15) is 25.8 Å². The van der Waals surface area contributed by atoms with E-state index in [1.54, 1.807) is 32.0 Å². The molecule has 1 unspecified atom stereocenters. The number of anilines is 1. The van der Waals surface area contributed by atoms with Crippen LogP contribution < -0.4 is 4.90 Å². The normalized spacial score (nSPS) is 23.8. The summed E-state index contributed by atoms with van der Waals surface area (Å²) in [5, 5.41) is 5.08. The summed E-state index contributed by atoms with van der Waals surface area (Å²) in [6.07, 6.45) is -0.168. The van der Waals surface area contributed by atoms with Crippen molar-refractivity contribution in [3.05, 3.63) is 64.1 Å². The van der Waals surface area contributed by atoms with Gasteiger partial charge in [0.05, 0.1) is 22.8 Å². The molecule has 0 aliphatic carbocycles. The summed E-state index contributed by atoms with van der Waals surface area (Å²) in [4.78, 5) is 20.0. The summed E-state index contributed by atoms with van der Waals surface area (Å²) >= 11 is 12.4. The lowest BCUT2D eigenvalue weighted by Gasteiger charge is -2.37. The summed E-state index contributed by atoms with van der Waals surface area (Å²) in [5.41, 5.74) is 0.0738. The standard InChI is InChI=1S/C19H16Cl2N2O3/c1-18(2)19(11-15(22-26-19)12-6-4-3-5-7-12)23(17(24)25-18)16-9-8-13(20)10-14(16)21/h3-10H,11H2,1-2H3. The second-order valence-corrected chi connectivity index (χ2v) is 7.61. The van der Waals surface area contributed by atoms with Gasteiger partial charge in [0, 0.05) is 5.02 Å². The zero-order valence-electron chi connectivity index (χ0n) is 14.2. The number of hydrogen-bond acceptors (Lipinski definition) is 4. The maximum Gasteiger partial charge on any atom is 0.418 e. The third-order valence-corrected chi connectivity index (χ3v) is 5.34. The molecule has 1 fully saturated rings. The quantitative estimate of drug-likeness (QED) is 0.703. The molecule has 2 aliphatic heterocycles. The first-order chi connectivity index (χ1) is 12.3. The van der Waals surface area contributed by atoms with Crippen molar-refractivity contribution in [3.63, 3.8) is 0 Å². The number of rotatable bonds is 2. The first-order valence-corrected chi connectivity index (χ1v) is 8.88. The van der Waals surface area contributed by atoms with Crippen LogP contribution in [0.2, 0.25) is 10.0 Å². The molecule has 2 heterocycles. The molecular formula is C19H16Cl2N2O3. The Bertz CT molecular complexity index is 914. The van der Waals surface area contributed by atoms with Crippen LogP contribution in [0.3, 0.4) is 0 Å². The molecule has 2 aromatic rings. The molecule has 5 nitrogen and oxygen atoms in total. The Morgan fingerprint density at radius 3 is 2.54 bits per heavy atom. The Hall–Kier alpha value is -2.24. The predicted octanol–water partition coefficient (Wildman–Crippen LogP) is 5.25. The van der Waals surface area contributed by atoms with Gasteiger partial charge >= 0.3 is 6.09 Å². The SMILES string of the molecule is CC1(C)OC(=O)N(c2ccc(Cl)cc2Cl)C12CC(c1ccccc1)=NO2. The largest absolute Gasteiger partial charge is 0.437 e. The van der Waals surface area contributed by atoms with E-state index in [2.05, 4.69) is 5.16 Å². The average molecular weight is 391 g/mol. The van der Waals surface area contributed by atoms with Crippen molar-refractivity contribution >= 4 is 40.7 Å². The number of amides is 1. The molecule has 0 N–H and O–H groups in total. The molecule has 2 aromatic carbocycles. The van der Waals surface area contributed by atoms with Crippen LogP contribution in [0.5, 0.6) is 0 Å². The highest BCUT2D eigenvalue weighted by atomic mass is 35.5. The van der Waals surface area contributed by atoms with Crippen molar-refractivity contribution in [3.8, 4) is 0 Å². The van der Waals surface area contributed by atoms with Gasteiger partial charge in [0.1, 0.15) is 0 Å². The monoisotopic (exact) mass is 390 g/mol. The highest BCUT2D eigenvalue weighted by Gasteiger charge is 2.66. The third kappa shape index (κ3) is 2.46. The Morgan fingerprint density at radius 1 is 1.12 bits per heavy atom. The number of ether oxygens (including phenoxy) is 1. The van der Waals surface area contributed by atoms with Gasteiger partial charge in [-0.15, -0.1) is 0 Å². The number of oxime groups is 1. The fraction of sp³-hybridized carbons (Fsp3) is 0.263. The zero-order valence-corrected chi connectivity index (χ0v) is 15.7. The second kappa shape index (κ2) is 5.89. The number of cyclic esters (lactones) is 1. The molecule has 0 aromatic heterocycles. The van der Waals surface area contributed by atoms with Crippen molar-refractivity contribution in [2.75, 3.05) is 4.90 Å². The van der Waals surface area contributed by atoms with E-state index < -0.39 is 17.4 Å². The average Bonchev–Trinajstić information content (AvgIpc) is 3.11. The molecule has 4 rings (SSSR count). The number of nitrogens with zero attached hydrogens (tertiary/aromatic N) is 2. The Kier molecular flexibility index (Phi) is 3.90. The fourth-order valence-corrected chi connectivity index (χ4v) is 3.86. The van der Waals surface area contributed by atoms with Crippen LogP contribution in [0.25, 0.3) is 0 Å². The molecule has 1 saturated heterocycles. The molecule has 7 heteroatoms. The molecule has 0 radical (unpaired) electrons. The van der Waals surface area contributed by atoms with Gasteiger partial charge in [0.2, 0.25) is 0 Å². The Balaban J connectivity index is 1.79. The Morgan fingerprint density at radius 2 is 1.85 bits per heavy atom. The van der Waals surface area contributed by atoms with Crippen molar-refractivity contribution < 1.29 is 14.4 Å². The van der Waals surface area contributed by atoms with Crippen LogP contribution in [0.4, 0.5) is 10.5 Å². The van der Waals surface area contributed by atoms with E-state index in [0.29, 0.717) is 22.2 Å². The fourth-order valence-electron chi connectivity index (χ4n) is 3.37. The van der Waals surface area contributed by atoms with Gasteiger partial charge in [-0.1, -0.05) is 58.7 Å². The van der Waals surface area contributed by atoms with E-state index in [0.717, 1.165) is 11.3 Å². The summed E-state index contributed by atoms with van der Waals surface area (Å²) in [5.74, 6) is 0. The van der Waals surface area contributed by atoms with Gasteiger partial charge in [-0.25, -0.2) is 9.69 Å². The van der Waals surface area contributed by atoms with Crippen LogP contribution in [-0.2, 0) is 9.57 Å². The number of benzene rings is 2. The molecular weight excluding hydrogens is 375 g/mol. The summed E-state index contributed by atoms with van der Waals surface area (Å²) in [6, 6.07) is 14.6. The van der Waals surface area contributed by atoms with Crippen molar-refractivity contribution in [1.82, 2.24) is 0 Å². The molecule has 2 aliphatic rings. The van der Waals surface area contributed by atoms with Gasteiger partial charge in [-0.2, -0.15) is 0 Å². The van der Waals surface area contributed by atoms with Crippen LogP contribution >= 0.6 is 23.2 Å². The predicted molar refractivity (Wildman–Crippen MR) is 101 cm³/mol. The number of carbonyl (C=O) groups is 1. The summed E-state index contributed by atoms with van der Waals surface area (Å²) < 4.78 is 5.62. The van der Waals surface area contributed by atoms with Gasteiger partial charge in [-0.3, -0.25) is 0 Å². The number of hydrogen-bond donors (Lipinski definition) is 0. The number of carbonyl (C=O) groups excluding carboxylic acids is 1. The minimum absolute atomic E-state index is 0.336. The van der Waals surface area contributed by atoms with Crippen LogP contribution in [-0.4, -0.2) is 23.1 Å². The van der Waals surface area contributed by atoms with E-state index >= 15 is 0 Å². The van der Waals surface area contributed by atoms with Gasteiger partial charge < -0.3 is 9.57 Å². The summed E-state index contributed by atoms with van der Waals surface area (Å²) in [7, 11) is 0. The first kappa shape index (κ1) is 17.2. The van der Waals surface area contributed by atoms with Gasteiger partial charge in [-0.05, 0) is 37.6 Å². The number of halogens is 2. The zero-order chi connectivity index (χ0) is 18.5. The van der Waals surface area contributed by atoms with E-state index in [9.17, 15) is 4.79 Å². The Labute approximate surface area is 161 Å². The molecule has 0 bridgehead atoms. The van der Waals surface area contributed by atoms with E-state index in [-0.39, 0.29) is 0 Å². The second-order valence-electron chi connectivity index (χ2n) is 6.77. The molecule has 0 saturated carbocycles. The lowest BCUT2D eigenvalue weighted by Crippen LogP contribution is -2.56. The molecule has 1 amide bonds. The minimum Gasteiger partial charge on any atom is -0.437 e. The molecule has 1 atom stereocenters. The smallest absolute Gasteiger partial charge is 0.418 e.